The Hall–Kier alpha value is -2.44. The van der Waals surface area contributed by atoms with Crippen molar-refractivity contribution in [3.63, 3.8) is 0 Å². The molecule has 1 saturated heterocycles. The molecular formula is C25H29BrN4O. The number of nitrogens with one attached hydrogen (secondary N) is 1. The molecule has 0 atom stereocenters. The molecule has 31 heavy (non-hydrogen) atoms. The van der Waals surface area contributed by atoms with Crippen molar-refractivity contribution in [1.29, 1.82) is 0 Å². The smallest absolute Gasteiger partial charge is 0.255 e. The molecule has 0 bridgehead atoms. The number of hydrogen-bond acceptors (Lipinski definition) is 3. The standard InChI is InChI=1S/C25H29BrN4O/c1-17-6-4-5-7-20(17)16-29-14-12-22(13-15-29)27-25(31)24-18(2)28-30(19(24)3)23-10-8-21(26)9-11-23/h4-11,22H,12-16H2,1-3H3,(H,27,31). The third-order valence-electron chi connectivity index (χ3n) is 6.17. The summed E-state index contributed by atoms with van der Waals surface area (Å²) in [5.41, 5.74) is 5.99. The van der Waals surface area contributed by atoms with E-state index in [2.05, 4.69) is 62.4 Å². The van der Waals surface area contributed by atoms with Crippen molar-refractivity contribution in [2.45, 2.75) is 46.2 Å². The summed E-state index contributed by atoms with van der Waals surface area (Å²) in [6.07, 6.45) is 1.94. The van der Waals surface area contributed by atoms with Gasteiger partial charge in [0, 0.05) is 30.1 Å². The summed E-state index contributed by atoms with van der Waals surface area (Å²) in [6, 6.07) is 16.7. The molecule has 162 valence electrons. The van der Waals surface area contributed by atoms with Crippen LogP contribution in [0.5, 0.6) is 0 Å². The second kappa shape index (κ2) is 9.37. The average Bonchev–Trinajstić information content (AvgIpc) is 3.05. The van der Waals surface area contributed by atoms with Crippen LogP contribution in [0.15, 0.2) is 53.0 Å². The topological polar surface area (TPSA) is 50.2 Å². The van der Waals surface area contributed by atoms with Crippen molar-refractivity contribution in [1.82, 2.24) is 20.0 Å². The van der Waals surface area contributed by atoms with E-state index in [0.29, 0.717) is 5.56 Å². The van der Waals surface area contributed by atoms with Crippen LogP contribution in [0, 0.1) is 20.8 Å². The number of likely N-dealkylation sites (tertiary alicyclic amines) is 1. The molecule has 1 aromatic heterocycles. The summed E-state index contributed by atoms with van der Waals surface area (Å²) in [5, 5.41) is 7.88. The third-order valence-corrected chi connectivity index (χ3v) is 6.70. The van der Waals surface area contributed by atoms with Crippen molar-refractivity contribution in [2.75, 3.05) is 13.1 Å². The van der Waals surface area contributed by atoms with Crippen molar-refractivity contribution < 1.29 is 4.79 Å². The maximum absolute atomic E-state index is 13.1. The van der Waals surface area contributed by atoms with Crippen molar-refractivity contribution >= 4 is 21.8 Å². The minimum Gasteiger partial charge on any atom is -0.349 e. The lowest BCUT2D eigenvalue weighted by Gasteiger charge is -2.32. The molecule has 1 aliphatic rings. The fourth-order valence-corrected chi connectivity index (χ4v) is 4.59. The van der Waals surface area contributed by atoms with Gasteiger partial charge in [0.25, 0.3) is 5.91 Å². The van der Waals surface area contributed by atoms with E-state index in [-0.39, 0.29) is 11.9 Å². The van der Waals surface area contributed by atoms with E-state index in [4.69, 9.17) is 0 Å². The van der Waals surface area contributed by atoms with E-state index < -0.39 is 0 Å². The zero-order valence-corrected chi connectivity index (χ0v) is 19.9. The van der Waals surface area contributed by atoms with Gasteiger partial charge in [-0.1, -0.05) is 40.2 Å². The first-order chi connectivity index (χ1) is 14.9. The maximum Gasteiger partial charge on any atom is 0.255 e. The largest absolute Gasteiger partial charge is 0.349 e. The lowest BCUT2D eigenvalue weighted by Crippen LogP contribution is -2.44. The summed E-state index contributed by atoms with van der Waals surface area (Å²) >= 11 is 3.46. The van der Waals surface area contributed by atoms with Crippen molar-refractivity contribution in [3.05, 3.63) is 81.1 Å². The summed E-state index contributed by atoms with van der Waals surface area (Å²) in [7, 11) is 0. The minimum atomic E-state index is -0.0179. The summed E-state index contributed by atoms with van der Waals surface area (Å²) in [4.78, 5) is 15.6. The molecule has 1 N–H and O–H groups in total. The van der Waals surface area contributed by atoms with Crippen LogP contribution in [0.1, 0.15) is 45.7 Å². The molecule has 0 unspecified atom stereocenters. The molecule has 1 fully saturated rings. The van der Waals surface area contributed by atoms with E-state index >= 15 is 0 Å². The highest BCUT2D eigenvalue weighted by Gasteiger charge is 2.25. The predicted molar refractivity (Wildman–Crippen MR) is 128 cm³/mol. The number of nitrogens with zero attached hydrogens (tertiary/aromatic N) is 3. The van der Waals surface area contributed by atoms with Crippen LogP contribution in [0.2, 0.25) is 0 Å². The van der Waals surface area contributed by atoms with Crippen LogP contribution in [0.3, 0.4) is 0 Å². The number of carbonyl (C=O) groups excluding carboxylic acids is 1. The van der Waals surface area contributed by atoms with Gasteiger partial charge in [0.1, 0.15) is 0 Å². The molecule has 4 rings (SSSR count). The fourth-order valence-electron chi connectivity index (χ4n) is 4.33. The van der Waals surface area contributed by atoms with Crippen LogP contribution < -0.4 is 5.32 Å². The van der Waals surface area contributed by atoms with E-state index in [1.54, 1.807) is 0 Å². The molecule has 0 radical (unpaired) electrons. The number of benzene rings is 2. The van der Waals surface area contributed by atoms with Gasteiger partial charge in [0.2, 0.25) is 0 Å². The Bertz CT molecular complexity index is 1070. The molecule has 3 aromatic rings. The monoisotopic (exact) mass is 480 g/mol. The Labute approximate surface area is 192 Å². The van der Waals surface area contributed by atoms with E-state index in [9.17, 15) is 4.79 Å². The maximum atomic E-state index is 13.1. The van der Waals surface area contributed by atoms with Crippen molar-refractivity contribution in [2.24, 2.45) is 0 Å². The van der Waals surface area contributed by atoms with E-state index in [1.807, 2.05) is 42.8 Å². The second-order valence-electron chi connectivity index (χ2n) is 8.38. The number of carbonyl (C=O) groups is 1. The minimum absolute atomic E-state index is 0.0179. The first kappa shape index (κ1) is 21.8. The molecule has 0 spiro atoms. The normalized spacial score (nSPS) is 15.2. The first-order valence-corrected chi connectivity index (χ1v) is 11.6. The molecule has 5 nitrogen and oxygen atoms in total. The lowest BCUT2D eigenvalue weighted by molar-refractivity contribution is 0.0907. The van der Waals surface area contributed by atoms with Gasteiger partial charge in [-0.3, -0.25) is 9.69 Å². The Kier molecular flexibility index (Phi) is 6.58. The zero-order chi connectivity index (χ0) is 22.0. The lowest BCUT2D eigenvalue weighted by atomic mass is 10.0. The van der Waals surface area contributed by atoms with E-state index in [0.717, 1.165) is 54.0 Å². The molecule has 1 aliphatic heterocycles. The Morgan fingerprint density at radius 2 is 1.74 bits per heavy atom. The Morgan fingerprint density at radius 1 is 1.06 bits per heavy atom. The number of halogens is 1. The first-order valence-electron chi connectivity index (χ1n) is 10.8. The quantitative estimate of drug-likeness (QED) is 0.561. The average molecular weight is 481 g/mol. The zero-order valence-electron chi connectivity index (χ0n) is 18.4. The number of aryl methyl sites for hydroxylation is 2. The van der Waals surface area contributed by atoms with Gasteiger partial charge in [-0.15, -0.1) is 0 Å². The summed E-state index contributed by atoms with van der Waals surface area (Å²) in [5.74, 6) is -0.0179. The van der Waals surface area contributed by atoms with Crippen molar-refractivity contribution in [3.8, 4) is 5.69 Å². The molecule has 6 heteroatoms. The highest BCUT2D eigenvalue weighted by Crippen LogP contribution is 2.21. The molecule has 1 amide bonds. The van der Waals surface area contributed by atoms with Gasteiger partial charge >= 0.3 is 0 Å². The number of aromatic nitrogens is 2. The van der Waals surface area contributed by atoms with E-state index in [1.165, 1.54) is 11.1 Å². The second-order valence-corrected chi connectivity index (χ2v) is 9.30. The van der Waals surface area contributed by atoms with Crippen LogP contribution in [0.25, 0.3) is 5.69 Å². The molecule has 0 saturated carbocycles. The van der Waals surface area contributed by atoms with Gasteiger partial charge in [-0.2, -0.15) is 5.10 Å². The van der Waals surface area contributed by atoms with Gasteiger partial charge in [0.05, 0.1) is 22.6 Å². The molecule has 0 aliphatic carbocycles. The van der Waals surface area contributed by atoms with Gasteiger partial charge in [-0.05, 0) is 69.0 Å². The van der Waals surface area contributed by atoms with Gasteiger partial charge < -0.3 is 5.32 Å². The molecule has 2 heterocycles. The van der Waals surface area contributed by atoms with Crippen LogP contribution in [-0.4, -0.2) is 39.7 Å². The van der Waals surface area contributed by atoms with Crippen LogP contribution in [0.4, 0.5) is 0 Å². The fraction of sp³-hybridized carbons (Fsp3) is 0.360. The Morgan fingerprint density at radius 3 is 2.42 bits per heavy atom. The Balaban J connectivity index is 1.38. The number of rotatable bonds is 5. The third kappa shape index (κ3) is 4.91. The SMILES string of the molecule is Cc1ccccc1CN1CCC(NC(=O)c2c(C)nn(-c3ccc(Br)cc3)c2C)CC1. The summed E-state index contributed by atoms with van der Waals surface area (Å²) in [6.45, 7) is 9.00. The highest BCUT2D eigenvalue weighted by molar-refractivity contribution is 9.10. The summed E-state index contributed by atoms with van der Waals surface area (Å²) < 4.78 is 2.87. The molecule has 2 aromatic carbocycles. The van der Waals surface area contributed by atoms with Gasteiger partial charge in [0.15, 0.2) is 0 Å². The number of hydrogen-bond donors (Lipinski definition) is 1. The van der Waals surface area contributed by atoms with Crippen LogP contribution in [-0.2, 0) is 6.54 Å². The highest BCUT2D eigenvalue weighted by atomic mass is 79.9. The van der Waals surface area contributed by atoms with Gasteiger partial charge in [-0.25, -0.2) is 4.68 Å². The number of amides is 1. The number of piperidine rings is 1. The molecular weight excluding hydrogens is 452 g/mol. The predicted octanol–water partition coefficient (Wildman–Crippen LogP) is 4.95. The van der Waals surface area contributed by atoms with Crippen LogP contribution >= 0.6 is 15.9 Å².